The molecule has 6 nitrogen and oxygen atoms in total. The maximum Gasteiger partial charge on any atom is 0.287 e. The third-order valence-electron chi connectivity index (χ3n) is 3.84. The molecule has 1 N–H and O–H groups in total. The van der Waals surface area contributed by atoms with Crippen molar-refractivity contribution >= 4 is 35.4 Å². The van der Waals surface area contributed by atoms with E-state index in [-0.39, 0.29) is 23.9 Å². The molecule has 0 fully saturated rings. The molecule has 0 saturated carbocycles. The molecular weight excluding hydrogens is 386 g/mol. The summed E-state index contributed by atoms with van der Waals surface area (Å²) >= 11 is 11.2. The average Bonchev–Trinajstić information content (AvgIpc) is 2.97. The number of carbonyl (C=O) groups excluding carboxylic acids is 1. The molecule has 0 atom stereocenters. The lowest BCUT2D eigenvalue weighted by Gasteiger charge is -2.06. The summed E-state index contributed by atoms with van der Waals surface area (Å²) in [7, 11) is 0. The van der Waals surface area contributed by atoms with Gasteiger partial charge in [0.2, 0.25) is 5.91 Å². The number of nitrogens with one attached hydrogen (secondary N) is 1. The van der Waals surface area contributed by atoms with Gasteiger partial charge in [-0.25, -0.2) is 4.68 Å². The molecule has 3 rings (SSSR count). The third kappa shape index (κ3) is 4.96. The quantitative estimate of drug-likeness (QED) is 0.604. The molecule has 2 aromatic carbocycles. The molecule has 0 bridgehead atoms. The molecule has 0 radical (unpaired) electrons. The minimum absolute atomic E-state index is 0.0712. The number of anilines is 1. The van der Waals surface area contributed by atoms with Crippen molar-refractivity contribution in [2.75, 3.05) is 5.32 Å². The van der Waals surface area contributed by atoms with Gasteiger partial charge in [0.05, 0.1) is 0 Å². The van der Waals surface area contributed by atoms with Crippen LogP contribution in [0.25, 0.3) is 0 Å². The van der Waals surface area contributed by atoms with Crippen LogP contribution in [0.2, 0.25) is 5.02 Å². The van der Waals surface area contributed by atoms with Gasteiger partial charge in [-0.05, 0) is 55.4 Å². The number of nitrogens with zero attached hydrogens (tertiary/aromatic N) is 2. The van der Waals surface area contributed by atoms with Gasteiger partial charge < -0.3 is 14.5 Å². The lowest BCUT2D eigenvalue weighted by molar-refractivity contribution is -0.117. The van der Waals surface area contributed by atoms with E-state index in [1.807, 2.05) is 44.2 Å². The highest BCUT2D eigenvalue weighted by Gasteiger charge is 2.11. The second-order valence-corrected chi connectivity index (χ2v) is 6.74. The molecule has 0 aliphatic heterocycles. The van der Waals surface area contributed by atoms with Gasteiger partial charge in [0.1, 0.15) is 12.3 Å². The lowest BCUT2D eigenvalue weighted by Crippen LogP contribution is -2.19. The number of benzene rings is 2. The first-order valence-electron chi connectivity index (χ1n) is 8.23. The first kappa shape index (κ1) is 19.1. The van der Waals surface area contributed by atoms with E-state index in [1.165, 1.54) is 4.68 Å². The molecule has 27 heavy (non-hydrogen) atoms. The Labute approximate surface area is 166 Å². The number of hydrogen-bond acceptors (Lipinski definition) is 5. The summed E-state index contributed by atoms with van der Waals surface area (Å²) < 4.78 is 12.4. The fourth-order valence-corrected chi connectivity index (χ4v) is 2.75. The van der Waals surface area contributed by atoms with Crippen LogP contribution in [-0.4, -0.2) is 15.7 Å². The van der Waals surface area contributed by atoms with Crippen LogP contribution in [0, 0.1) is 18.7 Å². The summed E-state index contributed by atoms with van der Waals surface area (Å²) in [6.07, 6.45) is 0. The van der Waals surface area contributed by atoms with E-state index >= 15 is 0 Å². The standard InChI is InChI=1S/C19H18ClN3O3S/c1-12-7-8-14(9-15(12)20)21-17(24)10-23-19(27)26-18(22-23)11-25-16-6-4-3-5-13(16)2/h3-9H,10-11H2,1-2H3,(H,21,24). The number of hydrogen-bond donors (Lipinski definition) is 1. The van der Waals surface area contributed by atoms with Crippen LogP contribution in [0.3, 0.4) is 0 Å². The molecule has 8 heteroatoms. The number of halogens is 1. The van der Waals surface area contributed by atoms with Gasteiger partial charge in [-0.1, -0.05) is 35.9 Å². The Morgan fingerprint density at radius 2 is 2.04 bits per heavy atom. The van der Waals surface area contributed by atoms with E-state index in [2.05, 4.69) is 10.4 Å². The zero-order valence-corrected chi connectivity index (χ0v) is 16.4. The van der Waals surface area contributed by atoms with Gasteiger partial charge in [-0.15, -0.1) is 5.10 Å². The van der Waals surface area contributed by atoms with E-state index in [9.17, 15) is 4.79 Å². The van der Waals surface area contributed by atoms with E-state index in [4.69, 9.17) is 33.0 Å². The normalized spacial score (nSPS) is 10.6. The smallest absolute Gasteiger partial charge is 0.287 e. The summed E-state index contributed by atoms with van der Waals surface area (Å²) in [5, 5.41) is 7.54. The van der Waals surface area contributed by atoms with Crippen LogP contribution in [0.5, 0.6) is 5.75 Å². The van der Waals surface area contributed by atoms with Crippen LogP contribution in [-0.2, 0) is 17.9 Å². The van der Waals surface area contributed by atoms with Crippen molar-refractivity contribution < 1.29 is 13.9 Å². The van der Waals surface area contributed by atoms with Crippen LogP contribution in [0.4, 0.5) is 5.69 Å². The van der Waals surface area contributed by atoms with Gasteiger partial charge >= 0.3 is 0 Å². The van der Waals surface area contributed by atoms with Gasteiger partial charge in [0, 0.05) is 10.7 Å². The average molecular weight is 404 g/mol. The largest absolute Gasteiger partial charge is 0.484 e. The topological polar surface area (TPSA) is 69.3 Å². The monoisotopic (exact) mass is 403 g/mol. The number of rotatable bonds is 6. The van der Waals surface area contributed by atoms with E-state index in [0.29, 0.717) is 16.6 Å². The van der Waals surface area contributed by atoms with E-state index in [0.717, 1.165) is 16.9 Å². The SMILES string of the molecule is Cc1ccc(NC(=O)Cn2nc(COc3ccccc3C)oc2=S)cc1Cl. The minimum Gasteiger partial charge on any atom is -0.484 e. The number of amides is 1. The highest BCUT2D eigenvalue weighted by Crippen LogP contribution is 2.20. The van der Waals surface area contributed by atoms with Crippen molar-refractivity contribution in [1.29, 1.82) is 0 Å². The number of aromatic nitrogens is 2. The molecule has 1 heterocycles. The first-order valence-corrected chi connectivity index (χ1v) is 9.02. The highest BCUT2D eigenvalue weighted by atomic mass is 35.5. The van der Waals surface area contributed by atoms with Gasteiger partial charge in [0.15, 0.2) is 6.61 Å². The Bertz CT molecular complexity index is 1030. The molecule has 1 amide bonds. The van der Waals surface area contributed by atoms with Gasteiger partial charge in [0.25, 0.3) is 10.7 Å². The number of carbonyl (C=O) groups is 1. The Morgan fingerprint density at radius 1 is 1.26 bits per heavy atom. The van der Waals surface area contributed by atoms with Crippen molar-refractivity contribution in [3.8, 4) is 5.75 Å². The number of aryl methyl sites for hydroxylation is 2. The zero-order chi connectivity index (χ0) is 19.4. The van der Waals surface area contributed by atoms with Crippen molar-refractivity contribution in [1.82, 2.24) is 9.78 Å². The molecule has 0 saturated heterocycles. The Hall–Kier alpha value is -2.64. The molecule has 0 unspecified atom stereocenters. The van der Waals surface area contributed by atoms with Crippen molar-refractivity contribution in [2.45, 2.75) is 27.0 Å². The Morgan fingerprint density at radius 3 is 2.78 bits per heavy atom. The number of ether oxygens (including phenoxy) is 1. The maximum absolute atomic E-state index is 12.2. The predicted octanol–water partition coefficient (Wildman–Crippen LogP) is 4.69. The van der Waals surface area contributed by atoms with Crippen LogP contribution in [0.15, 0.2) is 46.9 Å². The second kappa shape index (κ2) is 8.37. The maximum atomic E-state index is 12.2. The fraction of sp³-hybridized carbons (Fsp3) is 0.211. The molecule has 0 aliphatic carbocycles. The fourth-order valence-electron chi connectivity index (χ4n) is 2.37. The van der Waals surface area contributed by atoms with Crippen LogP contribution < -0.4 is 10.1 Å². The predicted molar refractivity (Wildman–Crippen MR) is 106 cm³/mol. The summed E-state index contributed by atoms with van der Waals surface area (Å²) in [5.74, 6) is 0.752. The van der Waals surface area contributed by atoms with E-state index < -0.39 is 0 Å². The van der Waals surface area contributed by atoms with Crippen LogP contribution in [0.1, 0.15) is 17.0 Å². The highest BCUT2D eigenvalue weighted by molar-refractivity contribution is 7.71. The molecule has 140 valence electrons. The molecule has 1 aromatic heterocycles. The minimum atomic E-state index is -0.286. The Balaban J connectivity index is 1.62. The van der Waals surface area contributed by atoms with Crippen molar-refractivity contribution in [2.24, 2.45) is 0 Å². The second-order valence-electron chi connectivity index (χ2n) is 5.99. The first-order chi connectivity index (χ1) is 12.9. The summed E-state index contributed by atoms with van der Waals surface area (Å²) in [6, 6.07) is 12.9. The van der Waals surface area contributed by atoms with E-state index in [1.54, 1.807) is 12.1 Å². The Kier molecular flexibility index (Phi) is 5.93. The van der Waals surface area contributed by atoms with Crippen LogP contribution >= 0.6 is 23.8 Å². The summed E-state index contributed by atoms with van der Waals surface area (Å²) in [4.78, 5) is 12.3. The molecule has 0 spiro atoms. The summed E-state index contributed by atoms with van der Waals surface area (Å²) in [6.45, 7) is 3.89. The summed E-state index contributed by atoms with van der Waals surface area (Å²) in [5.41, 5.74) is 2.55. The lowest BCUT2D eigenvalue weighted by atomic mass is 10.2. The third-order valence-corrected chi connectivity index (χ3v) is 4.54. The van der Waals surface area contributed by atoms with Gasteiger partial charge in [-0.2, -0.15) is 0 Å². The molecular formula is C19H18ClN3O3S. The zero-order valence-electron chi connectivity index (χ0n) is 14.9. The van der Waals surface area contributed by atoms with Crippen molar-refractivity contribution in [3.05, 3.63) is 69.3 Å². The molecule has 0 aliphatic rings. The number of para-hydroxylation sites is 1. The van der Waals surface area contributed by atoms with Crippen molar-refractivity contribution in [3.63, 3.8) is 0 Å². The molecule has 3 aromatic rings. The van der Waals surface area contributed by atoms with Gasteiger partial charge in [-0.3, -0.25) is 4.79 Å².